The van der Waals surface area contributed by atoms with Crippen LogP contribution in [0, 0.1) is 10.2 Å². The molecule has 0 fully saturated rings. The van der Waals surface area contributed by atoms with Gasteiger partial charge in [-0.3, -0.25) is 0 Å². The quantitative estimate of drug-likeness (QED) is 0.469. The van der Waals surface area contributed by atoms with Crippen LogP contribution in [0.25, 0.3) is 0 Å². The molecule has 0 unspecified atom stereocenters. The zero-order valence-electron chi connectivity index (χ0n) is 7.87. The van der Waals surface area contributed by atoms with Crippen LogP contribution in [0.15, 0.2) is 12.7 Å². The third kappa shape index (κ3) is 48.8. The van der Waals surface area contributed by atoms with Crippen LogP contribution in [0.1, 0.15) is 39.0 Å². The molecule has 0 aromatic rings. The molecule has 0 heterocycles. The molecular formula is C8H17ClO4. The van der Waals surface area contributed by atoms with E-state index in [0.717, 1.165) is 0 Å². The SMILES string of the molecule is C=CCCCCCC.[O-][Cl+3]([O-])([O-])O. The lowest BCUT2D eigenvalue weighted by atomic mass is 10.2. The molecule has 0 bridgehead atoms. The van der Waals surface area contributed by atoms with Gasteiger partial charge in [0.25, 0.3) is 0 Å². The molecule has 0 spiro atoms. The first-order valence-electron chi connectivity index (χ1n) is 4.16. The minimum absolute atomic E-state index is 1.19. The van der Waals surface area contributed by atoms with Crippen molar-refractivity contribution in [1.29, 1.82) is 0 Å². The molecule has 4 nitrogen and oxygen atoms in total. The third-order valence-corrected chi connectivity index (χ3v) is 1.26. The highest BCUT2D eigenvalue weighted by Gasteiger charge is 1.98. The summed E-state index contributed by atoms with van der Waals surface area (Å²) in [6.45, 7) is 5.89. The van der Waals surface area contributed by atoms with E-state index in [1.165, 1.54) is 32.1 Å². The largest absolute Gasteiger partial charge is 0.183 e. The van der Waals surface area contributed by atoms with Gasteiger partial charge in [-0.25, -0.2) is 0 Å². The maximum atomic E-state index is 8.60. The molecule has 0 atom stereocenters. The molecule has 1 N–H and O–H groups in total. The van der Waals surface area contributed by atoms with Crippen LogP contribution >= 0.6 is 0 Å². The summed E-state index contributed by atoms with van der Waals surface area (Å²) in [5, 5.41) is 0. The van der Waals surface area contributed by atoms with Crippen LogP contribution in [0.3, 0.4) is 0 Å². The van der Waals surface area contributed by atoms with Gasteiger partial charge in [-0.1, -0.05) is 32.3 Å². The zero-order valence-corrected chi connectivity index (χ0v) is 8.63. The van der Waals surface area contributed by atoms with Crippen LogP contribution in [0.4, 0.5) is 0 Å². The molecule has 0 saturated heterocycles. The lowest BCUT2D eigenvalue weighted by molar-refractivity contribution is -1.92. The first kappa shape index (κ1) is 15.3. The highest BCUT2D eigenvalue weighted by atomic mass is 35.7. The second-order valence-electron chi connectivity index (χ2n) is 2.53. The topological polar surface area (TPSA) is 89.4 Å². The van der Waals surface area contributed by atoms with Gasteiger partial charge >= 0.3 is 0 Å². The van der Waals surface area contributed by atoms with Gasteiger partial charge in [-0.05, 0) is 12.8 Å². The summed E-state index contributed by atoms with van der Waals surface area (Å²) in [6.07, 6.45) is 8.61. The smallest absolute Gasteiger partial charge is 0.0777 e. The normalized spacial score (nSPS) is 10.2. The second kappa shape index (κ2) is 9.95. The van der Waals surface area contributed by atoms with E-state index in [2.05, 4.69) is 13.5 Å². The Balaban J connectivity index is 0. The summed E-state index contributed by atoms with van der Waals surface area (Å²) in [6, 6.07) is 0. The Bertz CT molecular complexity index is 105. The maximum absolute atomic E-state index is 8.60. The van der Waals surface area contributed by atoms with Crippen molar-refractivity contribution in [1.82, 2.24) is 0 Å². The number of rotatable bonds is 5. The van der Waals surface area contributed by atoms with Crippen molar-refractivity contribution in [3.63, 3.8) is 0 Å². The molecule has 0 aromatic heterocycles. The molecule has 0 aliphatic heterocycles. The monoisotopic (exact) mass is 212 g/mol. The van der Waals surface area contributed by atoms with E-state index in [1.807, 2.05) is 6.08 Å². The van der Waals surface area contributed by atoms with Crippen molar-refractivity contribution < 1.29 is 28.9 Å². The molecule has 0 aromatic carbocycles. The Hall–Kier alpha value is -0.130. The second-order valence-corrected chi connectivity index (χ2v) is 3.33. The molecule has 0 radical (unpaired) electrons. The summed E-state index contributed by atoms with van der Waals surface area (Å²) in [7, 11) is -4.69. The average Bonchev–Trinajstić information content (AvgIpc) is 1.95. The molecule has 5 heteroatoms. The van der Waals surface area contributed by atoms with E-state index in [0.29, 0.717) is 0 Å². The fourth-order valence-electron chi connectivity index (χ4n) is 0.715. The summed E-state index contributed by atoms with van der Waals surface area (Å²) < 4.78 is 32.7. The van der Waals surface area contributed by atoms with Crippen molar-refractivity contribution in [2.75, 3.05) is 0 Å². The van der Waals surface area contributed by atoms with Gasteiger partial charge in [0.05, 0.1) is 14.9 Å². The van der Waals surface area contributed by atoms with E-state index in [-0.39, 0.29) is 0 Å². The Morgan fingerprint density at radius 3 is 2.00 bits per heavy atom. The Kier molecular flexibility index (Phi) is 11.8. The lowest BCUT2D eigenvalue weighted by Gasteiger charge is -2.03. The van der Waals surface area contributed by atoms with Gasteiger partial charge in [-0.2, -0.15) is 14.0 Å². The van der Waals surface area contributed by atoms with Crippen molar-refractivity contribution in [3.8, 4) is 0 Å². The van der Waals surface area contributed by atoms with Gasteiger partial charge < -0.3 is 0 Å². The minimum Gasteiger partial charge on any atom is -0.183 e. The molecule has 80 valence electrons. The van der Waals surface area contributed by atoms with Crippen molar-refractivity contribution in [2.24, 2.45) is 0 Å². The van der Waals surface area contributed by atoms with E-state index in [1.54, 1.807) is 0 Å². The van der Waals surface area contributed by atoms with E-state index in [4.69, 9.17) is 18.6 Å². The fraction of sp³-hybridized carbons (Fsp3) is 0.750. The number of unbranched alkanes of at least 4 members (excludes halogenated alkanes) is 4. The Labute approximate surface area is 81.2 Å². The number of hydrogen-bond donors (Lipinski definition) is 1. The summed E-state index contributed by atoms with van der Waals surface area (Å²) in [5.41, 5.74) is 0. The Morgan fingerprint density at radius 2 is 1.69 bits per heavy atom. The van der Waals surface area contributed by atoms with Crippen LogP contribution in [-0.4, -0.2) is 4.66 Å². The first-order chi connectivity index (χ1) is 5.91. The average molecular weight is 213 g/mol. The zero-order chi connectivity index (χ0) is 10.7. The van der Waals surface area contributed by atoms with Gasteiger partial charge in [-0.15, -0.1) is 6.58 Å². The van der Waals surface area contributed by atoms with Crippen LogP contribution in [-0.2, 0) is 0 Å². The molecule has 13 heavy (non-hydrogen) atoms. The van der Waals surface area contributed by atoms with Crippen molar-refractivity contribution in [3.05, 3.63) is 12.7 Å². The first-order valence-corrected chi connectivity index (χ1v) is 5.42. The minimum atomic E-state index is -4.69. The molecule has 0 aliphatic rings. The highest BCUT2D eigenvalue weighted by Crippen LogP contribution is 2.01. The highest BCUT2D eigenvalue weighted by molar-refractivity contribution is 4.64. The van der Waals surface area contributed by atoms with E-state index in [9.17, 15) is 0 Å². The standard InChI is InChI=1S/C8H16.ClHO4/c1-3-5-7-8-6-4-2;2-1(3,4)5/h3H,1,4-8H2,2H3;(H,2,3,4,5). The summed E-state index contributed by atoms with van der Waals surface area (Å²) in [5.74, 6) is 0. The summed E-state index contributed by atoms with van der Waals surface area (Å²) >= 11 is 0. The number of hydrogen-bond acceptors (Lipinski definition) is 4. The van der Waals surface area contributed by atoms with Crippen molar-refractivity contribution >= 4 is 0 Å². The van der Waals surface area contributed by atoms with Gasteiger partial charge in [0.15, 0.2) is 0 Å². The molecule has 0 amide bonds. The molecular weight excluding hydrogens is 196 g/mol. The molecule has 0 saturated carbocycles. The van der Waals surface area contributed by atoms with Crippen LogP contribution in [0.5, 0.6) is 0 Å². The van der Waals surface area contributed by atoms with Crippen LogP contribution < -0.4 is 14.0 Å². The molecule has 0 rings (SSSR count). The number of allylic oxidation sites excluding steroid dienone is 1. The lowest BCUT2D eigenvalue weighted by Crippen LogP contribution is -2.58. The van der Waals surface area contributed by atoms with Crippen LogP contribution in [0.2, 0.25) is 0 Å². The Morgan fingerprint density at radius 1 is 1.23 bits per heavy atom. The maximum Gasteiger partial charge on any atom is 0.0777 e. The van der Waals surface area contributed by atoms with E-state index < -0.39 is 10.2 Å². The van der Waals surface area contributed by atoms with E-state index >= 15 is 0 Å². The predicted molar refractivity (Wildman–Crippen MR) is 41.2 cm³/mol. The van der Waals surface area contributed by atoms with Gasteiger partial charge in [0.1, 0.15) is 0 Å². The van der Waals surface area contributed by atoms with Crippen molar-refractivity contribution in [2.45, 2.75) is 39.0 Å². The summed E-state index contributed by atoms with van der Waals surface area (Å²) in [4.78, 5) is 0. The molecule has 0 aliphatic carbocycles. The van der Waals surface area contributed by atoms with Gasteiger partial charge in [0.2, 0.25) is 0 Å². The third-order valence-electron chi connectivity index (χ3n) is 1.26. The van der Waals surface area contributed by atoms with Gasteiger partial charge in [0, 0.05) is 0 Å². The predicted octanol–water partition coefficient (Wildman–Crippen LogP) is -0.981. The fourth-order valence-corrected chi connectivity index (χ4v) is 0.715. The number of halogens is 1.